The molecule has 1 aliphatic rings. The minimum atomic E-state index is -0.667. The highest BCUT2D eigenvalue weighted by Gasteiger charge is 2.40. The number of ether oxygens (including phenoxy) is 1. The summed E-state index contributed by atoms with van der Waals surface area (Å²) in [5.41, 5.74) is 1.74. The molecule has 2 aromatic carbocycles. The Morgan fingerprint density at radius 2 is 1.79 bits per heavy atom. The van der Waals surface area contributed by atoms with Crippen molar-refractivity contribution >= 4 is 45.9 Å². The molecule has 1 fully saturated rings. The van der Waals surface area contributed by atoms with Gasteiger partial charge in [-0.15, -0.1) is 11.3 Å². The highest BCUT2D eigenvalue weighted by atomic mass is 35.5. The molecule has 39 heavy (non-hydrogen) atoms. The number of esters is 1. The molecule has 1 N–H and O–H groups in total. The molecule has 0 radical (unpaired) electrons. The van der Waals surface area contributed by atoms with Crippen molar-refractivity contribution in [1.29, 1.82) is 0 Å². The smallest absolute Gasteiger partial charge is 0.307 e. The lowest BCUT2D eigenvalue weighted by Crippen LogP contribution is -2.50. The standard InChI is InChI=1S/C30H34ClN3O4S/c1-19(35)32-21-14-15-22(20-10-6-5-7-11-20)24(16-27(36)38-30(2,3)4)28(37)34(17-21)29-33-26(18-39-29)23-12-8-9-13-25(23)31/h5-13,18,21-22,24H,14-17H2,1-4H3,(H,32,35)/t21?,22-,24+/m1/s1. The van der Waals surface area contributed by atoms with Crippen molar-refractivity contribution in [3.63, 3.8) is 0 Å². The monoisotopic (exact) mass is 567 g/mol. The number of hydrogen-bond acceptors (Lipinski definition) is 6. The average molecular weight is 568 g/mol. The van der Waals surface area contributed by atoms with Crippen molar-refractivity contribution in [2.75, 3.05) is 11.4 Å². The number of carbonyl (C=O) groups is 3. The predicted octanol–water partition coefficient (Wildman–Crippen LogP) is 6.23. The van der Waals surface area contributed by atoms with Gasteiger partial charge in [0.05, 0.1) is 18.0 Å². The number of halogens is 1. The van der Waals surface area contributed by atoms with Gasteiger partial charge in [-0.05, 0) is 51.2 Å². The summed E-state index contributed by atoms with van der Waals surface area (Å²) >= 11 is 7.75. The quantitative estimate of drug-likeness (QED) is 0.357. The Morgan fingerprint density at radius 3 is 2.46 bits per heavy atom. The fourth-order valence-electron chi connectivity index (χ4n) is 5.01. The maximum absolute atomic E-state index is 14.4. The maximum atomic E-state index is 14.4. The summed E-state index contributed by atoms with van der Waals surface area (Å²) in [6.07, 6.45) is 1.21. The Morgan fingerprint density at radius 1 is 1.10 bits per heavy atom. The molecule has 206 valence electrons. The van der Waals surface area contributed by atoms with Gasteiger partial charge in [-0.25, -0.2) is 4.98 Å². The number of carbonyl (C=O) groups excluding carboxylic acids is 3. The molecule has 7 nitrogen and oxygen atoms in total. The fraction of sp³-hybridized carbons (Fsp3) is 0.400. The zero-order valence-electron chi connectivity index (χ0n) is 22.6. The zero-order chi connectivity index (χ0) is 28.2. The fourth-order valence-corrected chi connectivity index (χ4v) is 6.08. The summed E-state index contributed by atoms with van der Waals surface area (Å²) in [4.78, 5) is 45.9. The number of thiazole rings is 1. The second kappa shape index (κ2) is 12.3. The molecule has 3 atom stereocenters. The van der Waals surface area contributed by atoms with Crippen molar-refractivity contribution in [3.05, 3.63) is 70.6 Å². The van der Waals surface area contributed by atoms with E-state index in [1.54, 1.807) is 11.0 Å². The van der Waals surface area contributed by atoms with E-state index in [9.17, 15) is 14.4 Å². The van der Waals surface area contributed by atoms with Crippen molar-refractivity contribution in [1.82, 2.24) is 10.3 Å². The number of hydrogen-bond donors (Lipinski definition) is 1. The first-order chi connectivity index (χ1) is 18.5. The van der Waals surface area contributed by atoms with Crippen molar-refractivity contribution in [2.24, 2.45) is 5.92 Å². The molecule has 2 heterocycles. The first kappa shape index (κ1) is 28.8. The summed E-state index contributed by atoms with van der Waals surface area (Å²) in [5, 5.41) is 5.94. The second-order valence-corrected chi connectivity index (χ2v) is 12.1. The number of rotatable bonds is 6. The molecular formula is C30H34ClN3O4S. The molecule has 0 spiro atoms. The number of aromatic nitrogens is 1. The maximum Gasteiger partial charge on any atom is 0.307 e. The number of amides is 2. The highest BCUT2D eigenvalue weighted by molar-refractivity contribution is 7.14. The molecule has 4 rings (SSSR count). The summed E-state index contributed by atoms with van der Waals surface area (Å²) in [6, 6.07) is 16.9. The molecule has 1 unspecified atom stereocenters. The number of anilines is 1. The van der Waals surface area contributed by atoms with Crippen LogP contribution in [-0.2, 0) is 19.1 Å². The summed E-state index contributed by atoms with van der Waals surface area (Å²) < 4.78 is 5.64. The van der Waals surface area contributed by atoms with E-state index in [-0.39, 0.29) is 36.7 Å². The van der Waals surface area contributed by atoms with Gasteiger partial charge in [0.25, 0.3) is 0 Å². The van der Waals surface area contributed by atoms with E-state index in [2.05, 4.69) is 5.32 Å². The van der Waals surface area contributed by atoms with Crippen LogP contribution < -0.4 is 10.2 Å². The van der Waals surface area contributed by atoms with Crippen molar-refractivity contribution in [3.8, 4) is 11.3 Å². The van der Waals surface area contributed by atoms with Crippen LogP contribution in [0.25, 0.3) is 11.3 Å². The third-order valence-corrected chi connectivity index (χ3v) is 7.81. The Balaban J connectivity index is 1.75. The minimum absolute atomic E-state index is 0.0558. The first-order valence-corrected chi connectivity index (χ1v) is 14.3. The largest absolute Gasteiger partial charge is 0.460 e. The predicted molar refractivity (Wildman–Crippen MR) is 155 cm³/mol. The molecule has 0 bridgehead atoms. The van der Waals surface area contributed by atoms with E-state index < -0.39 is 17.5 Å². The minimum Gasteiger partial charge on any atom is -0.460 e. The van der Waals surface area contributed by atoms with Crippen LogP contribution in [0.3, 0.4) is 0 Å². The Hall–Kier alpha value is -3.23. The lowest BCUT2D eigenvalue weighted by molar-refractivity contribution is -0.157. The van der Waals surface area contributed by atoms with Crippen LogP contribution in [0.4, 0.5) is 5.13 Å². The van der Waals surface area contributed by atoms with Gasteiger partial charge in [0.15, 0.2) is 5.13 Å². The van der Waals surface area contributed by atoms with Crippen LogP contribution in [0, 0.1) is 5.92 Å². The van der Waals surface area contributed by atoms with Gasteiger partial charge < -0.3 is 10.1 Å². The van der Waals surface area contributed by atoms with Gasteiger partial charge in [-0.2, -0.15) is 0 Å². The van der Waals surface area contributed by atoms with E-state index in [1.807, 2.05) is 74.7 Å². The molecule has 1 aliphatic heterocycles. The summed E-state index contributed by atoms with van der Waals surface area (Å²) in [7, 11) is 0. The van der Waals surface area contributed by atoms with E-state index in [1.165, 1.54) is 18.3 Å². The molecule has 2 amide bonds. The van der Waals surface area contributed by atoms with Gasteiger partial charge in [0.2, 0.25) is 11.8 Å². The molecule has 1 aromatic heterocycles. The van der Waals surface area contributed by atoms with Gasteiger partial charge >= 0.3 is 5.97 Å². The lowest BCUT2D eigenvalue weighted by Gasteiger charge is -2.36. The van der Waals surface area contributed by atoms with E-state index in [0.717, 1.165) is 11.1 Å². The second-order valence-electron chi connectivity index (χ2n) is 10.8. The Bertz CT molecular complexity index is 1320. The molecular weight excluding hydrogens is 534 g/mol. The average Bonchev–Trinajstić information content (AvgIpc) is 3.34. The van der Waals surface area contributed by atoms with Gasteiger partial charge in [-0.3, -0.25) is 19.3 Å². The molecule has 0 aliphatic carbocycles. The van der Waals surface area contributed by atoms with Crippen LogP contribution in [0.2, 0.25) is 5.02 Å². The summed E-state index contributed by atoms with van der Waals surface area (Å²) in [5.74, 6) is -1.70. The van der Waals surface area contributed by atoms with E-state index in [4.69, 9.17) is 21.3 Å². The molecule has 0 saturated carbocycles. The molecule has 1 saturated heterocycles. The van der Waals surface area contributed by atoms with E-state index >= 15 is 0 Å². The normalized spacial score (nSPS) is 20.2. The molecule has 3 aromatic rings. The first-order valence-electron chi connectivity index (χ1n) is 13.1. The SMILES string of the molecule is CC(=O)NC1CC[C@H](c2ccccc2)[C@H](CC(=O)OC(C)(C)C)C(=O)N(c2nc(-c3ccccc3Cl)cs2)C1. The topological polar surface area (TPSA) is 88.6 Å². The Kier molecular flexibility index (Phi) is 9.08. The van der Waals surface area contributed by atoms with Gasteiger partial charge in [0, 0.05) is 35.5 Å². The summed E-state index contributed by atoms with van der Waals surface area (Å²) in [6.45, 7) is 7.17. The molecule has 9 heteroatoms. The number of nitrogens with one attached hydrogen (secondary N) is 1. The van der Waals surface area contributed by atoms with Gasteiger partial charge in [0.1, 0.15) is 5.60 Å². The third-order valence-electron chi connectivity index (χ3n) is 6.61. The van der Waals surface area contributed by atoms with Gasteiger partial charge in [-0.1, -0.05) is 60.1 Å². The number of nitrogens with zero attached hydrogens (tertiary/aromatic N) is 2. The van der Waals surface area contributed by atoms with Crippen LogP contribution in [0.1, 0.15) is 58.4 Å². The Labute approximate surface area is 238 Å². The zero-order valence-corrected chi connectivity index (χ0v) is 24.2. The van der Waals surface area contributed by atoms with Crippen molar-refractivity contribution < 1.29 is 19.1 Å². The third kappa shape index (κ3) is 7.46. The number of benzene rings is 2. The highest BCUT2D eigenvalue weighted by Crippen LogP contribution is 2.39. The van der Waals surface area contributed by atoms with Crippen LogP contribution >= 0.6 is 22.9 Å². The van der Waals surface area contributed by atoms with Crippen LogP contribution in [0.15, 0.2) is 60.0 Å². The van der Waals surface area contributed by atoms with Crippen molar-refractivity contribution in [2.45, 2.75) is 64.5 Å². The van der Waals surface area contributed by atoms with Crippen LogP contribution in [-0.4, -0.2) is 41.0 Å². The lowest BCUT2D eigenvalue weighted by atomic mass is 9.78. The van der Waals surface area contributed by atoms with Crippen LogP contribution in [0.5, 0.6) is 0 Å². The van der Waals surface area contributed by atoms with E-state index in [0.29, 0.717) is 28.7 Å².